The molecule has 2 heterocycles. The van der Waals surface area contributed by atoms with E-state index in [4.69, 9.17) is 4.42 Å². The van der Waals surface area contributed by atoms with Gasteiger partial charge in [-0.3, -0.25) is 9.36 Å². The van der Waals surface area contributed by atoms with Crippen LogP contribution in [0, 0.1) is 6.92 Å². The fraction of sp³-hybridized carbons (Fsp3) is 0.182. The van der Waals surface area contributed by atoms with Crippen molar-refractivity contribution in [1.82, 2.24) is 14.5 Å². The molecule has 4 rings (SSSR count). The molecule has 4 aromatic rings. The van der Waals surface area contributed by atoms with Crippen molar-refractivity contribution in [3.8, 4) is 0 Å². The number of amides is 1. The Labute approximate surface area is 178 Å². The third-order valence-electron chi connectivity index (χ3n) is 4.60. The number of anilines is 4. The average Bonchev–Trinajstić information content (AvgIpc) is 3.04. The topological polar surface area (TPSA) is 105 Å². The number of hydrogen-bond donors (Lipinski definition) is 2. The molecule has 0 aliphatic rings. The van der Waals surface area contributed by atoms with Gasteiger partial charge in [0.05, 0.1) is 5.52 Å². The summed E-state index contributed by atoms with van der Waals surface area (Å²) in [5, 5.41) is 5.96. The molecule has 158 valence electrons. The summed E-state index contributed by atoms with van der Waals surface area (Å²) in [5.41, 5.74) is 3.27. The summed E-state index contributed by atoms with van der Waals surface area (Å²) in [7, 11) is 3.84. The molecule has 31 heavy (non-hydrogen) atoms. The normalized spacial score (nSPS) is 10.8. The van der Waals surface area contributed by atoms with Crippen LogP contribution in [-0.4, -0.2) is 34.5 Å². The van der Waals surface area contributed by atoms with Crippen molar-refractivity contribution >= 4 is 40.1 Å². The van der Waals surface area contributed by atoms with E-state index in [9.17, 15) is 9.59 Å². The molecule has 1 amide bonds. The SMILES string of the molecule is Cc1cc(N(C)C)nc(Nc2ccc(NC(=O)Cn3c(=O)oc4ccccc43)cc2)n1. The Balaban J connectivity index is 1.43. The van der Waals surface area contributed by atoms with Gasteiger partial charge in [-0.05, 0) is 43.3 Å². The molecule has 0 aliphatic heterocycles. The lowest BCUT2D eigenvalue weighted by atomic mass is 10.2. The molecule has 2 aromatic carbocycles. The minimum Gasteiger partial charge on any atom is -0.408 e. The van der Waals surface area contributed by atoms with E-state index in [1.807, 2.05) is 44.1 Å². The monoisotopic (exact) mass is 418 g/mol. The summed E-state index contributed by atoms with van der Waals surface area (Å²) < 4.78 is 6.46. The average molecular weight is 418 g/mol. The Morgan fingerprint density at radius 1 is 1.06 bits per heavy atom. The number of aromatic nitrogens is 3. The first-order valence-corrected chi connectivity index (χ1v) is 9.67. The number of rotatable bonds is 6. The molecule has 9 heteroatoms. The molecule has 0 radical (unpaired) electrons. The maximum Gasteiger partial charge on any atom is 0.420 e. The number of carbonyl (C=O) groups excluding carboxylic acids is 1. The number of aryl methyl sites for hydroxylation is 1. The number of benzene rings is 2. The van der Waals surface area contributed by atoms with Gasteiger partial charge in [0.25, 0.3) is 0 Å². The Hall–Kier alpha value is -4.14. The predicted octanol–water partition coefficient (Wildman–Crippen LogP) is 3.14. The lowest BCUT2D eigenvalue weighted by molar-refractivity contribution is -0.116. The van der Waals surface area contributed by atoms with Crippen LogP contribution < -0.4 is 21.3 Å². The van der Waals surface area contributed by atoms with Crippen LogP contribution in [0.25, 0.3) is 11.1 Å². The van der Waals surface area contributed by atoms with Gasteiger partial charge in [-0.1, -0.05) is 12.1 Å². The molecule has 0 aliphatic carbocycles. The molecule has 0 saturated heterocycles. The van der Waals surface area contributed by atoms with E-state index in [2.05, 4.69) is 20.6 Å². The molecule has 0 atom stereocenters. The van der Waals surface area contributed by atoms with Crippen molar-refractivity contribution in [1.29, 1.82) is 0 Å². The van der Waals surface area contributed by atoms with E-state index in [-0.39, 0.29) is 12.5 Å². The zero-order valence-electron chi connectivity index (χ0n) is 17.4. The summed E-state index contributed by atoms with van der Waals surface area (Å²) in [4.78, 5) is 35.2. The van der Waals surface area contributed by atoms with Crippen molar-refractivity contribution in [2.75, 3.05) is 29.6 Å². The summed E-state index contributed by atoms with van der Waals surface area (Å²) in [5.74, 6) is 0.408. The molecular formula is C22H22N6O3. The highest BCUT2D eigenvalue weighted by molar-refractivity contribution is 5.91. The molecule has 2 aromatic heterocycles. The van der Waals surface area contributed by atoms with Gasteiger partial charge in [-0.15, -0.1) is 0 Å². The summed E-state index contributed by atoms with van der Waals surface area (Å²) in [6, 6.07) is 16.0. The first kappa shape index (κ1) is 20.1. The fourth-order valence-electron chi connectivity index (χ4n) is 3.11. The summed E-state index contributed by atoms with van der Waals surface area (Å²) >= 11 is 0. The largest absolute Gasteiger partial charge is 0.420 e. The molecule has 9 nitrogen and oxygen atoms in total. The number of fused-ring (bicyclic) bond motifs is 1. The smallest absolute Gasteiger partial charge is 0.408 e. The van der Waals surface area contributed by atoms with Crippen LogP contribution >= 0.6 is 0 Å². The Kier molecular flexibility index (Phi) is 5.40. The molecule has 0 saturated carbocycles. The molecular weight excluding hydrogens is 396 g/mol. The number of oxazole rings is 1. The van der Waals surface area contributed by atoms with E-state index >= 15 is 0 Å². The Morgan fingerprint density at radius 2 is 1.77 bits per heavy atom. The van der Waals surface area contributed by atoms with Crippen molar-refractivity contribution in [2.24, 2.45) is 0 Å². The number of para-hydroxylation sites is 2. The van der Waals surface area contributed by atoms with Gasteiger partial charge < -0.3 is 20.0 Å². The van der Waals surface area contributed by atoms with Gasteiger partial charge in [0.15, 0.2) is 5.58 Å². The second kappa shape index (κ2) is 8.31. The third kappa shape index (κ3) is 4.55. The summed E-state index contributed by atoms with van der Waals surface area (Å²) in [6.07, 6.45) is 0. The minimum atomic E-state index is -0.564. The van der Waals surface area contributed by atoms with Crippen molar-refractivity contribution in [2.45, 2.75) is 13.5 Å². The zero-order valence-corrected chi connectivity index (χ0v) is 17.4. The lowest BCUT2D eigenvalue weighted by Gasteiger charge is -2.14. The number of nitrogens with one attached hydrogen (secondary N) is 2. The third-order valence-corrected chi connectivity index (χ3v) is 4.60. The van der Waals surface area contributed by atoms with Crippen LogP contribution in [0.5, 0.6) is 0 Å². The van der Waals surface area contributed by atoms with Crippen LogP contribution in [0.2, 0.25) is 0 Å². The van der Waals surface area contributed by atoms with Crippen molar-refractivity contribution in [3.05, 3.63) is 70.8 Å². The number of nitrogens with zero attached hydrogens (tertiary/aromatic N) is 4. The van der Waals surface area contributed by atoms with Crippen molar-refractivity contribution < 1.29 is 9.21 Å². The summed E-state index contributed by atoms with van der Waals surface area (Å²) in [6.45, 7) is 1.77. The highest BCUT2D eigenvalue weighted by Gasteiger charge is 2.12. The molecule has 0 spiro atoms. The van der Waals surface area contributed by atoms with Gasteiger partial charge in [-0.25, -0.2) is 9.78 Å². The number of carbonyl (C=O) groups is 1. The van der Waals surface area contributed by atoms with Gasteiger partial charge in [0.1, 0.15) is 12.4 Å². The lowest BCUT2D eigenvalue weighted by Crippen LogP contribution is -2.24. The van der Waals surface area contributed by atoms with E-state index in [0.29, 0.717) is 22.7 Å². The van der Waals surface area contributed by atoms with Gasteiger partial charge in [-0.2, -0.15) is 4.98 Å². The first-order valence-electron chi connectivity index (χ1n) is 9.67. The zero-order chi connectivity index (χ0) is 22.0. The van der Waals surface area contributed by atoms with Gasteiger partial charge in [0.2, 0.25) is 11.9 Å². The van der Waals surface area contributed by atoms with E-state index in [1.54, 1.807) is 36.4 Å². The van der Waals surface area contributed by atoms with Crippen LogP contribution in [0.15, 0.2) is 63.8 Å². The minimum absolute atomic E-state index is 0.139. The van der Waals surface area contributed by atoms with Crippen LogP contribution in [0.1, 0.15) is 5.69 Å². The van der Waals surface area contributed by atoms with Crippen LogP contribution in [0.3, 0.4) is 0 Å². The highest BCUT2D eigenvalue weighted by atomic mass is 16.4. The Bertz CT molecular complexity index is 1290. The first-order chi connectivity index (χ1) is 14.9. The van der Waals surface area contributed by atoms with E-state index in [0.717, 1.165) is 17.2 Å². The fourth-order valence-corrected chi connectivity index (χ4v) is 3.11. The maximum absolute atomic E-state index is 12.4. The molecule has 0 bridgehead atoms. The second-order valence-electron chi connectivity index (χ2n) is 7.26. The molecule has 2 N–H and O–H groups in total. The van der Waals surface area contributed by atoms with Crippen molar-refractivity contribution in [3.63, 3.8) is 0 Å². The standard InChI is InChI=1S/C22H22N6O3/c1-14-12-19(27(2)3)26-21(23-14)25-16-10-8-15(9-11-16)24-20(29)13-28-17-6-4-5-7-18(17)31-22(28)30/h4-12H,13H2,1-3H3,(H,24,29)(H,23,25,26). The molecule has 0 unspecified atom stereocenters. The second-order valence-corrected chi connectivity index (χ2v) is 7.26. The molecule has 0 fully saturated rings. The van der Waals surface area contributed by atoms with Crippen LogP contribution in [0.4, 0.5) is 23.1 Å². The Morgan fingerprint density at radius 3 is 2.52 bits per heavy atom. The van der Waals surface area contributed by atoms with Gasteiger partial charge in [0, 0.05) is 37.2 Å². The predicted molar refractivity (Wildman–Crippen MR) is 120 cm³/mol. The van der Waals surface area contributed by atoms with E-state index in [1.165, 1.54) is 4.57 Å². The maximum atomic E-state index is 12.4. The quantitative estimate of drug-likeness (QED) is 0.496. The van der Waals surface area contributed by atoms with Crippen LogP contribution in [-0.2, 0) is 11.3 Å². The number of hydrogen-bond acceptors (Lipinski definition) is 7. The van der Waals surface area contributed by atoms with Gasteiger partial charge >= 0.3 is 5.76 Å². The highest BCUT2D eigenvalue weighted by Crippen LogP contribution is 2.19. The van der Waals surface area contributed by atoms with E-state index < -0.39 is 5.76 Å².